The van der Waals surface area contributed by atoms with E-state index >= 15 is 0 Å². The van der Waals surface area contributed by atoms with Gasteiger partial charge in [0.15, 0.2) is 0 Å². The summed E-state index contributed by atoms with van der Waals surface area (Å²) in [6, 6.07) is 19.0. The lowest BCUT2D eigenvalue weighted by molar-refractivity contribution is 0.0633. The molecular weight excluding hydrogens is 452 g/mol. The Balaban J connectivity index is 1.24. The van der Waals surface area contributed by atoms with E-state index in [0.29, 0.717) is 13.1 Å². The molecule has 0 aliphatic carbocycles. The molecule has 6 heteroatoms. The summed E-state index contributed by atoms with van der Waals surface area (Å²) in [7, 11) is 0. The standard InChI is InChI=1S/C25H27BrN4O/c26-20-7-8-25-23(14-20)22-5-1-2-6-24(22)30(25)18-21(31)17-29-12-10-28(11-13-29)16-19-4-3-9-27-15-19/h1-9,14-15,21,31H,10-13,16-18H2. The second-order valence-corrected chi connectivity index (χ2v) is 9.30. The van der Waals surface area contributed by atoms with E-state index in [2.05, 4.69) is 83.8 Å². The van der Waals surface area contributed by atoms with Crippen LogP contribution in [-0.4, -0.2) is 63.3 Å². The molecule has 1 aliphatic heterocycles. The molecule has 0 amide bonds. The molecule has 0 spiro atoms. The van der Waals surface area contributed by atoms with Crippen molar-refractivity contribution >= 4 is 37.7 Å². The van der Waals surface area contributed by atoms with Crippen LogP contribution in [0.25, 0.3) is 21.8 Å². The SMILES string of the molecule is OC(CN1CCN(Cc2cccnc2)CC1)Cn1c2ccccc2c2cc(Br)ccc21. The summed E-state index contributed by atoms with van der Waals surface area (Å²) in [6.45, 7) is 6.25. The number of para-hydroxylation sites is 1. The normalized spacial score (nSPS) is 16.8. The number of fused-ring (bicyclic) bond motifs is 3. The van der Waals surface area contributed by atoms with Crippen LogP contribution in [0.3, 0.4) is 0 Å². The molecule has 2 aromatic carbocycles. The predicted molar refractivity (Wildman–Crippen MR) is 129 cm³/mol. The second-order valence-electron chi connectivity index (χ2n) is 8.38. The van der Waals surface area contributed by atoms with Crippen LogP contribution in [0.2, 0.25) is 0 Å². The molecule has 5 rings (SSSR count). The third-order valence-electron chi connectivity index (χ3n) is 6.19. The topological polar surface area (TPSA) is 44.5 Å². The average molecular weight is 479 g/mol. The van der Waals surface area contributed by atoms with Crippen molar-refractivity contribution in [1.82, 2.24) is 19.4 Å². The minimum Gasteiger partial charge on any atom is -0.390 e. The van der Waals surface area contributed by atoms with Gasteiger partial charge in [0.2, 0.25) is 0 Å². The first-order chi connectivity index (χ1) is 15.2. The molecule has 0 bridgehead atoms. The van der Waals surface area contributed by atoms with Gasteiger partial charge in [-0.3, -0.25) is 14.8 Å². The molecule has 160 valence electrons. The van der Waals surface area contributed by atoms with Crippen LogP contribution in [-0.2, 0) is 13.1 Å². The molecule has 1 fully saturated rings. The smallest absolute Gasteiger partial charge is 0.0845 e. The minimum absolute atomic E-state index is 0.410. The molecule has 2 aromatic heterocycles. The van der Waals surface area contributed by atoms with Crippen molar-refractivity contribution < 1.29 is 5.11 Å². The summed E-state index contributed by atoms with van der Waals surface area (Å²) in [5.41, 5.74) is 3.61. The molecule has 1 atom stereocenters. The molecule has 0 saturated carbocycles. The summed E-state index contributed by atoms with van der Waals surface area (Å²) >= 11 is 3.60. The maximum Gasteiger partial charge on any atom is 0.0845 e. The predicted octanol–water partition coefficient (Wildman–Crippen LogP) is 4.13. The summed E-state index contributed by atoms with van der Waals surface area (Å²) in [5.74, 6) is 0. The van der Waals surface area contributed by atoms with Gasteiger partial charge in [0.05, 0.1) is 12.6 Å². The fourth-order valence-electron chi connectivity index (χ4n) is 4.67. The Hall–Kier alpha value is -2.25. The molecule has 1 N–H and O–H groups in total. The third-order valence-corrected chi connectivity index (χ3v) is 6.68. The Labute approximate surface area is 191 Å². The number of benzene rings is 2. The maximum absolute atomic E-state index is 11.0. The monoisotopic (exact) mass is 478 g/mol. The molecule has 31 heavy (non-hydrogen) atoms. The summed E-state index contributed by atoms with van der Waals surface area (Å²) in [5, 5.41) is 13.4. The fourth-order valence-corrected chi connectivity index (χ4v) is 5.03. The van der Waals surface area contributed by atoms with Gasteiger partial charge in [-0.25, -0.2) is 0 Å². The van der Waals surface area contributed by atoms with E-state index in [9.17, 15) is 5.11 Å². The lowest BCUT2D eigenvalue weighted by atomic mass is 10.2. The minimum atomic E-state index is -0.410. The van der Waals surface area contributed by atoms with E-state index in [1.807, 2.05) is 18.5 Å². The number of aliphatic hydroxyl groups is 1. The molecule has 1 saturated heterocycles. The highest BCUT2D eigenvalue weighted by Gasteiger charge is 2.21. The first-order valence-corrected chi connectivity index (χ1v) is 11.6. The second kappa shape index (κ2) is 9.09. The zero-order chi connectivity index (χ0) is 21.2. The van der Waals surface area contributed by atoms with E-state index in [1.165, 1.54) is 27.4 Å². The van der Waals surface area contributed by atoms with E-state index < -0.39 is 6.10 Å². The van der Waals surface area contributed by atoms with Gasteiger partial charge in [0, 0.05) is 77.9 Å². The Morgan fingerprint density at radius 3 is 2.45 bits per heavy atom. The van der Waals surface area contributed by atoms with Crippen molar-refractivity contribution in [1.29, 1.82) is 0 Å². The van der Waals surface area contributed by atoms with Crippen molar-refractivity contribution in [3.05, 3.63) is 77.0 Å². The van der Waals surface area contributed by atoms with Crippen molar-refractivity contribution in [2.24, 2.45) is 0 Å². The Kier molecular flexibility index (Phi) is 6.05. The lowest BCUT2D eigenvalue weighted by Crippen LogP contribution is -2.48. The average Bonchev–Trinajstić information content (AvgIpc) is 3.09. The Morgan fingerprint density at radius 2 is 1.65 bits per heavy atom. The van der Waals surface area contributed by atoms with E-state index in [1.54, 1.807) is 0 Å². The zero-order valence-electron chi connectivity index (χ0n) is 17.5. The van der Waals surface area contributed by atoms with Crippen LogP contribution < -0.4 is 0 Å². The van der Waals surface area contributed by atoms with Crippen molar-refractivity contribution in [3.63, 3.8) is 0 Å². The van der Waals surface area contributed by atoms with Crippen LogP contribution in [0, 0.1) is 0 Å². The molecule has 3 heterocycles. The van der Waals surface area contributed by atoms with Crippen molar-refractivity contribution in [3.8, 4) is 0 Å². The fraction of sp³-hybridized carbons (Fsp3) is 0.320. The Morgan fingerprint density at radius 1 is 0.871 bits per heavy atom. The number of piperazine rings is 1. The highest BCUT2D eigenvalue weighted by atomic mass is 79.9. The summed E-state index contributed by atoms with van der Waals surface area (Å²) in [6.07, 6.45) is 3.35. The molecule has 1 unspecified atom stereocenters. The molecular formula is C25H27BrN4O. The first kappa shape index (κ1) is 20.6. The number of pyridine rings is 1. The van der Waals surface area contributed by atoms with Gasteiger partial charge < -0.3 is 9.67 Å². The molecule has 1 aliphatic rings. The van der Waals surface area contributed by atoms with Crippen molar-refractivity contribution in [2.45, 2.75) is 19.2 Å². The number of nitrogens with zero attached hydrogens (tertiary/aromatic N) is 4. The third kappa shape index (κ3) is 4.53. The van der Waals surface area contributed by atoms with E-state index in [0.717, 1.165) is 37.2 Å². The van der Waals surface area contributed by atoms with Gasteiger partial charge in [0.25, 0.3) is 0 Å². The van der Waals surface area contributed by atoms with Crippen LogP contribution >= 0.6 is 15.9 Å². The lowest BCUT2D eigenvalue weighted by Gasteiger charge is -2.35. The number of aliphatic hydroxyl groups excluding tert-OH is 1. The zero-order valence-corrected chi connectivity index (χ0v) is 19.1. The highest BCUT2D eigenvalue weighted by Crippen LogP contribution is 2.31. The summed E-state index contributed by atoms with van der Waals surface area (Å²) < 4.78 is 3.34. The number of hydrogen-bond acceptors (Lipinski definition) is 4. The van der Waals surface area contributed by atoms with Gasteiger partial charge in [-0.05, 0) is 35.9 Å². The molecule has 4 aromatic rings. The number of β-amino-alcohol motifs (C(OH)–C–C–N with tert-alkyl or cyclic N) is 1. The van der Waals surface area contributed by atoms with E-state index in [4.69, 9.17) is 0 Å². The van der Waals surface area contributed by atoms with Gasteiger partial charge in [-0.15, -0.1) is 0 Å². The van der Waals surface area contributed by atoms with Crippen LogP contribution in [0.4, 0.5) is 0 Å². The Bertz CT molecular complexity index is 1170. The summed E-state index contributed by atoms with van der Waals surface area (Å²) in [4.78, 5) is 9.06. The van der Waals surface area contributed by atoms with Crippen LogP contribution in [0.1, 0.15) is 5.56 Å². The van der Waals surface area contributed by atoms with Crippen LogP contribution in [0.15, 0.2) is 71.5 Å². The number of halogens is 1. The quantitative estimate of drug-likeness (QED) is 0.452. The van der Waals surface area contributed by atoms with Crippen molar-refractivity contribution in [2.75, 3.05) is 32.7 Å². The first-order valence-electron chi connectivity index (χ1n) is 10.9. The number of hydrogen-bond donors (Lipinski definition) is 1. The largest absolute Gasteiger partial charge is 0.390 e. The van der Waals surface area contributed by atoms with Gasteiger partial charge >= 0.3 is 0 Å². The maximum atomic E-state index is 11.0. The molecule has 0 radical (unpaired) electrons. The van der Waals surface area contributed by atoms with Gasteiger partial charge in [-0.1, -0.05) is 40.2 Å². The molecule has 5 nitrogen and oxygen atoms in total. The van der Waals surface area contributed by atoms with E-state index in [-0.39, 0.29) is 0 Å². The number of rotatable bonds is 6. The highest BCUT2D eigenvalue weighted by molar-refractivity contribution is 9.10. The number of aromatic nitrogens is 2. The van der Waals surface area contributed by atoms with Crippen LogP contribution in [0.5, 0.6) is 0 Å². The van der Waals surface area contributed by atoms with Gasteiger partial charge in [0.1, 0.15) is 0 Å². The van der Waals surface area contributed by atoms with Gasteiger partial charge in [-0.2, -0.15) is 0 Å².